The summed E-state index contributed by atoms with van der Waals surface area (Å²) in [7, 11) is 0. The summed E-state index contributed by atoms with van der Waals surface area (Å²) in [6, 6.07) is 5.89. The fourth-order valence-corrected chi connectivity index (χ4v) is 5.79. The third kappa shape index (κ3) is 6.29. The Morgan fingerprint density at radius 3 is 2.68 bits per heavy atom. The van der Waals surface area contributed by atoms with Gasteiger partial charge in [0.15, 0.2) is 0 Å². The van der Waals surface area contributed by atoms with E-state index < -0.39 is 6.61 Å². The van der Waals surface area contributed by atoms with Crippen LogP contribution in [0.5, 0.6) is 5.75 Å². The van der Waals surface area contributed by atoms with E-state index in [2.05, 4.69) is 24.5 Å². The van der Waals surface area contributed by atoms with Crippen LogP contribution in [0.15, 0.2) is 36.8 Å². The Morgan fingerprint density at radius 1 is 1.26 bits per heavy atom. The molecule has 206 valence electrons. The third-order valence-corrected chi connectivity index (χ3v) is 7.42. The first-order chi connectivity index (χ1) is 18.4. The fraction of sp³-hybridized carbons (Fsp3) is 0.538. The average molecular weight is 534 g/mol. The maximum Gasteiger partial charge on any atom is 0.409 e. The highest BCUT2D eigenvalue weighted by atomic mass is 19.3. The summed E-state index contributed by atoms with van der Waals surface area (Å²) in [5.74, 6) is 0.861. The molecular weight excluding hydrogens is 500 g/mol. The molecule has 1 N–H and O–H groups in total. The molecule has 0 bridgehead atoms. The minimum absolute atomic E-state index is 0.0322. The van der Waals surface area contributed by atoms with Crippen molar-refractivity contribution in [2.75, 3.05) is 50.8 Å². The van der Waals surface area contributed by atoms with E-state index in [1.165, 1.54) is 6.20 Å². The van der Waals surface area contributed by atoms with E-state index in [4.69, 9.17) is 14.6 Å². The van der Waals surface area contributed by atoms with Crippen molar-refractivity contribution in [3.8, 4) is 16.9 Å². The monoisotopic (exact) mass is 533 g/mol. The van der Waals surface area contributed by atoms with Crippen molar-refractivity contribution < 1.29 is 33.0 Å². The summed E-state index contributed by atoms with van der Waals surface area (Å²) < 4.78 is 35.0. The topological polar surface area (TPSA) is 108 Å². The van der Waals surface area contributed by atoms with E-state index in [0.717, 1.165) is 69.9 Å². The van der Waals surface area contributed by atoms with Gasteiger partial charge in [-0.25, -0.2) is 9.78 Å². The predicted octanol–water partition coefficient (Wildman–Crippen LogP) is 3.58. The molecule has 38 heavy (non-hydrogen) atoms. The van der Waals surface area contributed by atoms with Crippen molar-refractivity contribution in [1.29, 1.82) is 0 Å². The molecule has 0 radical (unpaired) electrons. The normalized spacial score (nSPS) is 20.5. The number of rotatable bonds is 6. The molecule has 3 aliphatic rings. The first kappa shape index (κ1) is 27.5. The summed E-state index contributed by atoms with van der Waals surface area (Å²) in [5, 5.41) is 6.89. The molecule has 12 heteroatoms. The Morgan fingerprint density at radius 2 is 2.00 bits per heavy atom. The molecule has 2 aliphatic heterocycles. The summed E-state index contributed by atoms with van der Waals surface area (Å²) in [6.07, 6.45) is 7.93. The molecule has 2 aromatic rings. The van der Waals surface area contributed by atoms with Gasteiger partial charge in [-0.3, -0.25) is 14.7 Å². The number of piperazine rings is 1. The molecule has 10 nitrogen and oxygen atoms in total. The van der Waals surface area contributed by atoms with E-state index in [-0.39, 0.29) is 23.7 Å². The fourth-order valence-electron chi connectivity index (χ4n) is 5.79. The number of carbonyl (C=O) groups is 2. The zero-order valence-electron chi connectivity index (χ0n) is 21.3. The molecule has 2 saturated heterocycles. The van der Waals surface area contributed by atoms with E-state index >= 15 is 0 Å². The highest BCUT2D eigenvalue weighted by Gasteiger charge is 2.51. The van der Waals surface area contributed by atoms with Gasteiger partial charge in [-0.2, -0.15) is 8.78 Å². The second kappa shape index (κ2) is 12.3. The van der Waals surface area contributed by atoms with Crippen LogP contribution in [-0.2, 0) is 9.53 Å². The van der Waals surface area contributed by atoms with Gasteiger partial charge in [-0.1, -0.05) is 0 Å². The number of ether oxygens (including phenoxy) is 2. The molecule has 1 aliphatic carbocycles. The van der Waals surface area contributed by atoms with Crippen LogP contribution >= 0.6 is 0 Å². The van der Waals surface area contributed by atoms with Gasteiger partial charge in [-0.05, 0) is 44.4 Å². The maximum absolute atomic E-state index is 12.7. The highest BCUT2D eigenvalue weighted by Crippen LogP contribution is 2.47. The van der Waals surface area contributed by atoms with Gasteiger partial charge in [0, 0.05) is 74.2 Å². The molecule has 1 amide bonds. The number of anilines is 1. The molecule has 3 fully saturated rings. The largest absolute Gasteiger partial charge is 0.483 e. The molecule has 1 saturated carbocycles. The van der Waals surface area contributed by atoms with Crippen LogP contribution in [0.1, 0.15) is 26.2 Å². The number of alkyl halides is 2. The average Bonchev–Trinajstić information content (AvgIpc) is 3.35. The zero-order chi connectivity index (χ0) is 27.1. The van der Waals surface area contributed by atoms with Gasteiger partial charge in [0.25, 0.3) is 6.47 Å². The molecule has 1 atom stereocenters. The molecule has 2 aromatic heterocycles. The number of pyridine rings is 2. The number of carbonyl (C=O) groups excluding carboxylic acids is 1. The molecular formula is C26H33F2N5O5. The lowest BCUT2D eigenvalue weighted by molar-refractivity contribution is -0.122. The number of likely N-dealkylation sites (tertiary alicyclic amines) is 1. The second-order valence-corrected chi connectivity index (χ2v) is 9.74. The Bertz CT molecular complexity index is 1090. The number of hydrogen-bond acceptors (Lipinski definition) is 8. The predicted molar refractivity (Wildman–Crippen MR) is 135 cm³/mol. The lowest BCUT2D eigenvalue weighted by atomic mass is 9.78. The van der Waals surface area contributed by atoms with Gasteiger partial charge in [0.1, 0.15) is 11.6 Å². The summed E-state index contributed by atoms with van der Waals surface area (Å²) in [4.78, 5) is 35.6. The number of amides is 1. The van der Waals surface area contributed by atoms with Crippen LogP contribution < -0.4 is 9.64 Å². The van der Waals surface area contributed by atoms with Gasteiger partial charge >= 0.3 is 12.7 Å². The van der Waals surface area contributed by atoms with Crippen molar-refractivity contribution in [2.24, 2.45) is 5.41 Å². The first-order valence-corrected chi connectivity index (χ1v) is 12.7. The van der Waals surface area contributed by atoms with Crippen LogP contribution in [0.3, 0.4) is 0 Å². The minimum atomic E-state index is -2.89. The van der Waals surface area contributed by atoms with Gasteiger partial charge < -0.3 is 24.4 Å². The standard InChI is InChI=1S/C25H31F2N5O3.CH2O2/c1-2-34-24(33)32-16-25(17-32)6-5-19(13-25)30-8-10-31(11-9-30)22-21(4-3-7-29-22)18-12-20(15-28-14-18)35-23(26)27;2-1-3/h3-4,7,12,14-15,19,23H,2,5-6,8-11,13,16-17H2,1H3;1H,(H,2,3). The SMILES string of the molecule is CCOC(=O)N1CC2(CCC(N3CCN(c4ncccc4-c4cncc(OC(F)F)c4)CC3)C2)C1.O=CO. The van der Waals surface area contributed by atoms with Gasteiger partial charge in [-0.15, -0.1) is 0 Å². The van der Waals surface area contributed by atoms with Crippen molar-refractivity contribution in [3.63, 3.8) is 0 Å². The molecule has 0 aromatic carbocycles. The number of hydrogen-bond donors (Lipinski definition) is 1. The zero-order valence-corrected chi connectivity index (χ0v) is 21.3. The smallest absolute Gasteiger partial charge is 0.409 e. The van der Waals surface area contributed by atoms with E-state index in [0.29, 0.717) is 18.2 Å². The summed E-state index contributed by atoms with van der Waals surface area (Å²) >= 11 is 0. The van der Waals surface area contributed by atoms with E-state index in [9.17, 15) is 13.6 Å². The summed E-state index contributed by atoms with van der Waals surface area (Å²) in [5.41, 5.74) is 1.80. The van der Waals surface area contributed by atoms with Crippen molar-refractivity contribution >= 4 is 18.4 Å². The number of aromatic nitrogens is 2. The Labute approximate surface area is 220 Å². The van der Waals surface area contributed by atoms with Crippen molar-refractivity contribution in [3.05, 3.63) is 36.8 Å². The summed E-state index contributed by atoms with van der Waals surface area (Å²) in [6.45, 7) is 4.27. The number of nitrogens with zero attached hydrogens (tertiary/aromatic N) is 5. The van der Waals surface area contributed by atoms with E-state index in [1.54, 1.807) is 18.5 Å². The Kier molecular flexibility index (Phi) is 8.93. The quantitative estimate of drug-likeness (QED) is 0.558. The van der Waals surface area contributed by atoms with Gasteiger partial charge in [0.2, 0.25) is 0 Å². The molecule has 1 spiro atoms. The second-order valence-electron chi connectivity index (χ2n) is 9.74. The van der Waals surface area contributed by atoms with Crippen LogP contribution in [0, 0.1) is 5.41 Å². The van der Waals surface area contributed by atoms with Crippen molar-refractivity contribution in [2.45, 2.75) is 38.8 Å². The molecule has 1 unspecified atom stereocenters. The lowest BCUT2D eigenvalue weighted by Crippen LogP contribution is -2.58. The third-order valence-electron chi connectivity index (χ3n) is 7.42. The van der Waals surface area contributed by atoms with Crippen LogP contribution in [-0.4, -0.2) is 96.0 Å². The maximum atomic E-state index is 12.7. The Balaban J connectivity index is 0.00000107. The number of carboxylic acid groups (broad SMARTS) is 1. The molecule has 5 rings (SSSR count). The van der Waals surface area contributed by atoms with Gasteiger partial charge in [0.05, 0.1) is 12.8 Å². The number of halogens is 2. The van der Waals surface area contributed by atoms with Crippen LogP contribution in [0.2, 0.25) is 0 Å². The lowest BCUT2D eigenvalue weighted by Gasteiger charge is -2.48. The highest BCUT2D eigenvalue weighted by molar-refractivity contribution is 5.76. The minimum Gasteiger partial charge on any atom is -0.483 e. The van der Waals surface area contributed by atoms with Crippen LogP contribution in [0.4, 0.5) is 19.4 Å². The van der Waals surface area contributed by atoms with Crippen molar-refractivity contribution in [1.82, 2.24) is 19.8 Å². The van der Waals surface area contributed by atoms with Crippen LogP contribution in [0.25, 0.3) is 11.1 Å². The Hall–Kier alpha value is -3.54. The van der Waals surface area contributed by atoms with E-state index in [1.807, 2.05) is 24.0 Å². The molecule has 4 heterocycles. The first-order valence-electron chi connectivity index (χ1n) is 12.7.